The fourth-order valence-corrected chi connectivity index (χ4v) is 4.37. The molecule has 1 N–H and O–H groups in total. The molecule has 3 rings (SSSR count). The summed E-state index contributed by atoms with van der Waals surface area (Å²) in [5.41, 5.74) is 1.67. The highest BCUT2D eigenvalue weighted by molar-refractivity contribution is 7.15. The van der Waals surface area contributed by atoms with Crippen LogP contribution in [0.2, 0.25) is 5.02 Å². The Morgan fingerprint density at radius 2 is 2.11 bits per heavy atom. The molecule has 1 aromatic carbocycles. The third-order valence-corrected chi connectivity index (χ3v) is 6.38. The maximum Gasteiger partial charge on any atom is 0.231 e. The molecule has 0 aliphatic carbocycles. The molecule has 1 atom stereocenters. The topological polar surface area (TPSA) is 75.2 Å². The summed E-state index contributed by atoms with van der Waals surface area (Å²) in [7, 11) is 0. The Morgan fingerprint density at radius 1 is 1.37 bits per heavy atom. The molecule has 8 heteroatoms. The number of nitrogens with one attached hydrogen (secondary N) is 1. The first-order chi connectivity index (χ1) is 12.9. The lowest BCUT2D eigenvalue weighted by Crippen LogP contribution is -2.28. The number of rotatable bonds is 6. The molecule has 1 aliphatic rings. The molecule has 1 unspecified atom stereocenters. The van der Waals surface area contributed by atoms with E-state index in [9.17, 15) is 9.59 Å². The van der Waals surface area contributed by atoms with E-state index in [1.165, 1.54) is 11.3 Å². The number of hydrogen-bond acceptors (Lipinski definition) is 5. The number of carbonyl (C=O) groups is 2. The van der Waals surface area contributed by atoms with Crippen molar-refractivity contribution < 1.29 is 9.59 Å². The molecule has 1 fully saturated rings. The largest absolute Gasteiger partial charge is 0.312 e. The zero-order valence-corrected chi connectivity index (χ0v) is 17.2. The fourth-order valence-electron chi connectivity index (χ4n) is 3.18. The molecule has 6 nitrogen and oxygen atoms in total. The molecule has 144 valence electrons. The van der Waals surface area contributed by atoms with Gasteiger partial charge in [-0.1, -0.05) is 42.9 Å². The summed E-state index contributed by atoms with van der Waals surface area (Å²) in [6.45, 7) is 6.47. The Bertz CT molecular complexity index is 850. The first kappa shape index (κ1) is 19.8. The molecule has 0 saturated carbocycles. The standard InChI is InChI=1S/C19H23ClN4O2S/c1-4-12(5-2)18-22-23-19(27-18)21-17(26)13-8-16(25)24(10-13)14-7-6-11(3)15(20)9-14/h6-7,9,12-13H,4-5,8,10H2,1-3H3,(H,21,23,26). The molecule has 2 heterocycles. The molecule has 2 aromatic rings. The van der Waals surface area contributed by atoms with E-state index in [0.717, 1.165) is 29.1 Å². The van der Waals surface area contributed by atoms with Gasteiger partial charge >= 0.3 is 0 Å². The second-order valence-electron chi connectivity index (χ2n) is 6.79. The summed E-state index contributed by atoms with van der Waals surface area (Å²) < 4.78 is 0. The van der Waals surface area contributed by atoms with Crippen molar-refractivity contribution in [3.63, 3.8) is 0 Å². The van der Waals surface area contributed by atoms with Gasteiger partial charge in [0.15, 0.2) is 0 Å². The highest BCUT2D eigenvalue weighted by Gasteiger charge is 2.35. The Hall–Kier alpha value is -1.99. The van der Waals surface area contributed by atoms with Crippen molar-refractivity contribution in [3.05, 3.63) is 33.8 Å². The number of anilines is 2. The first-order valence-corrected chi connectivity index (χ1v) is 10.3. The maximum absolute atomic E-state index is 12.6. The second kappa shape index (κ2) is 8.35. The minimum atomic E-state index is -0.418. The Labute approximate surface area is 167 Å². The molecular formula is C19H23ClN4O2S. The van der Waals surface area contributed by atoms with E-state index in [0.29, 0.717) is 22.6 Å². The molecule has 1 aliphatic heterocycles. The van der Waals surface area contributed by atoms with E-state index < -0.39 is 5.92 Å². The lowest BCUT2D eigenvalue weighted by molar-refractivity contribution is -0.122. The van der Waals surface area contributed by atoms with Gasteiger partial charge in [0.25, 0.3) is 0 Å². The predicted octanol–water partition coefficient (Wildman–Crippen LogP) is 4.40. The van der Waals surface area contributed by atoms with Gasteiger partial charge in [-0.25, -0.2) is 0 Å². The number of nitrogens with zero attached hydrogens (tertiary/aromatic N) is 3. The van der Waals surface area contributed by atoms with Crippen LogP contribution in [0, 0.1) is 12.8 Å². The fraction of sp³-hybridized carbons (Fsp3) is 0.474. The van der Waals surface area contributed by atoms with Crippen molar-refractivity contribution in [2.45, 2.75) is 46.0 Å². The highest BCUT2D eigenvalue weighted by atomic mass is 35.5. The summed E-state index contributed by atoms with van der Waals surface area (Å²) in [6.07, 6.45) is 2.16. The SMILES string of the molecule is CCC(CC)c1nnc(NC(=O)C2CC(=O)N(c3ccc(C)c(Cl)c3)C2)s1. The van der Waals surface area contributed by atoms with Crippen molar-refractivity contribution in [2.24, 2.45) is 5.92 Å². The van der Waals surface area contributed by atoms with Crippen molar-refractivity contribution in [1.29, 1.82) is 0 Å². The average Bonchev–Trinajstić information content (AvgIpc) is 3.25. The van der Waals surface area contributed by atoms with Gasteiger partial charge in [-0.2, -0.15) is 0 Å². The van der Waals surface area contributed by atoms with E-state index in [2.05, 4.69) is 29.4 Å². The van der Waals surface area contributed by atoms with E-state index >= 15 is 0 Å². The van der Waals surface area contributed by atoms with E-state index in [4.69, 9.17) is 11.6 Å². The summed E-state index contributed by atoms with van der Waals surface area (Å²) >= 11 is 7.58. The molecule has 27 heavy (non-hydrogen) atoms. The van der Waals surface area contributed by atoms with Gasteiger partial charge in [-0.15, -0.1) is 10.2 Å². The van der Waals surface area contributed by atoms with Crippen molar-refractivity contribution >= 4 is 45.6 Å². The van der Waals surface area contributed by atoms with E-state index in [-0.39, 0.29) is 18.2 Å². The van der Waals surface area contributed by atoms with Gasteiger partial charge in [0.1, 0.15) is 5.01 Å². The molecule has 2 amide bonds. The van der Waals surface area contributed by atoms with Gasteiger partial charge in [0, 0.05) is 29.6 Å². The van der Waals surface area contributed by atoms with Crippen LogP contribution in [-0.2, 0) is 9.59 Å². The van der Waals surface area contributed by atoms with Crippen LogP contribution in [0.1, 0.15) is 49.6 Å². The number of halogens is 1. The number of amides is 2. The van der Waals surface area contributed by atoms with Crippen LogP contribution >= 0.6 is 22.9 Å². The highest BCUT2D eigenvalue weighted by Crippen LogP contribution is 2.31. The summed E-state index contributed by atoms with van der Waals surface area (Å²) in [6, 6.07) is 5.49. The second-order valence-corrected chi connectivity index (χ2v) is 8.20. The van der Waals surface area contributed by atoms with Crippen LogP contribution in [0.25, 0.3) is 0 Å². The third kappa shape index (κ3) is 4.30. The quantitative estimate of drug-likeness (QED) is 0.771. The van der Waals surface area contributed by atoms with Crippen LogP contribution in [-0.4, -0.2) is 28.6 Å². The van der Waals surface area contributed by atoms with Crippen LogP contribution in [0.3, 0.4) is 0 Å². The average molecular weight is 407 g/mol. The maximum atomic E-state index is 12.6. The normalized spacial score (nSPS) is 17.0. The van der Waals surface area contributed by atoms with Crippen molar-refractivity contribution in [2.75, 3.05) is 16.8 Å². The number of aromatic nitrogens is 2. The number of hydrogen-bond donors (Lipinski definition) is 1. The Morgan fingerprint density at radius 3 is 2.78 bits per heavy atom. The summed E-state index contributed by atoms with van der Waals surface area (Å²) in [5, 5.41) is 13.1. The van der Waals surface area contributed by atoms with Crippen molar-refractivity contribution in [3.8, 4) is 0 Å². The predicted molar refractivity (Wildman–Crippen MR) is 109 cm³/mol. The lowest BCUT2D eigenvalue weighted by atomic mass is 10.1. The number of carbonyl (C=O) groups excluding carboxylic acids is 2. The zero-order chi connectivity index (χ0) is 19.6. The van der Waals surface area contributed by atoms with E-state index in [1.807, 2.05) is 19.1 Å². The van der Waals surface area contributed by atoms with Crippen LogP contribution in [0.5, 0.6) is 0 Å². The van der Waals surface area contributed by atoms with Gasteiger partial charge < -0.3 is 10.2 Å². The van der Waals surface area contributed by atoms with Crippen LogP contribution in [0.15, 0.2) is 18.2 Å². The van der Waals surface area contributed by atoms with E-state index in [1.54, 1.807) is 11.0 Å². The molecule has 0 radical (unpaired) electrons. The smallest absolute Gasteiger partial charge is 0.231 e. The van der Waals surface area contributed by atoms with Crippen LogP contribution in [0.4, 0.5) is 10.8 Å². The lowest BCUT2D eigenvalue weighted by Gasteiger charge is -2.17. The molecule has 0 spiro atoms. The minimum Gasteiger partial charge on any atom is -0.312 e. The summed E-state index contributed by atoms with van der Waals surface area (Å²) in [5.74, 6) is -0.331. The third-order valence-electron chi connectivity index (χ3n) is 4.97. The minimum absolute atomic E-state index is 0.0787. The first-order valence-electron chi connectivity index (χ1n) is 9.13. The molecular weight excluding hydrogens is 384 g/mol. The Kier molecular flexibility index (Phi) is 6.11. The zero-order valence-electron chi connectivity index (χ0n) is 15.7. The number of benzene rings is 1. The van der Waals surface area contributed by atoms with Gasteiger partial charge in [0.05, 0.1) is 5.92 Å². The van der Waals surface area contributed by atoms with Crippen molar-refractivity contribution in [1.82, 2.24) is 10.2 Å². The van der Waals surface area contributed by atoms with Gasteiger partial charge in [-0.3, -0.25) is 9.59 Å². The molecule has 1 saturated heterocycles. The monoisotopic (exact) mass is 406 g/mol. The Balaban J connectivity index is 1.66. The molecule has 0 bridgehead atoms. The van der Waals surface area contributed by atoms with Crippen LogP contribution < -0.4 is 10.2 Å². The van der Waals surface area contributed by atoms with Gasteiger partial charge in [0.2, 0.25) is 16.9 Å². The molecule has 1 aromatic heterocycles. The summed E-state index contributed by atoms with van der Waals surface area (Å²) in [4.78, 5) is 26.6. The van der Waals surface area contributed by atoms with Gasteiger partial charge in [-0.05, 0) is 37.5 Å². The number of aryl methyl sites for hydroxylation is 1.